The molecule has 1 aromatic rings. The van der Waals surface area contributed by atoms with Crippen LogP contribution in [0.15, 0.2) is 24.3 Å². The Morgan fingerprint density at radius 3 is 2.10 bits per heavy atom. The number of piperazine rings is 1. The number of hydrogen-bond donors (Lipinski definition) is 1. The first-order chi connectivity index (χ1) is 19.6. The third kappa shape index (κ3) is 8.89. The van der Waals surface area contributed by atoms with Gasteiger partial charge in [0.1, 0.15) is 0 Å². The van der Waals surface area contributed by atoms with E-state index < -0.39 is 0 Å². The van der Waals surface area contributed by atoms with E-state index in [1.165, 1.54) is 70.6 Å². The predicted octanol–water partition coefficient (Wildman–Crippen LogP) is 7.35. The molecule has 3 fully saturated rings. The first kappa shape index (κ1) is 31.2. The summed E-state index contributed by atoms with van der Waals surface area (Å²) in [6.07, 6.45) is 19.3. The monoisotopic (exact) mass is 551 g/mol. The smallest absolute Gasteiger partial charge is 0.252 e. The lowest BCUT2D eigenvalue weighted by atomic mass is 9.78. The van der Waals surface area contributed by atoms with Crippen LogP contribution in [0, 0.1) is 17.8 Å². The summed E-state index contributed by atoms with van der Waals surface area (Å²) < 4.78 is 0. The van der Waals surface area contributed by atoms with Crippen LogP contribution >= 0.6 is 0 Å². The van der Waals surface area contributed by atoms with Crippen molar-refractivity contribution < 1.29 is 9.59 Å². The second-order valence-electron chi connectivity index (χ2n) is 12.9. The van der Waals surface area contributed by atoms with Crippen molar-refractivity contribution >= 4 is 11.7 Å². The minimum atomic E-state index is -0.104. The van der Waals surface area contributed by atoms with E-state index in [4.69, 9.17) is 0 Å². The number of nitrogens with one attached hydrogen (secondary N) is 1. The summed E-state index contributed by atoms with van der Waals surface area (Å²) in [5.74, 6) is 1.91. The lowest BCUT2D eigenvalue weighted by Gasteiger charge is -2.42. The van der Waals surface area contributed by atoms with E-state index in [1.807, 2.05) is 24.3 Å². The average molecular weight is 552 g/mol. The van der Waals surface area contributed by atoms with Gasteiger partial charge in [0.25, 0.3) is 5.91 Å². The molecule has 0 bridgehead atoms. The van der Waals surface area contributed by atoms with Crippen LogP contribution in [-0.2, 0) is 0 Å². The fourth-order valence-electron chi connectivity index (χ4n) is 7.87. The van der Waals surface area contributed by atoms with E-state index in [0.29, 0.717) is 17.7 Å². The fourth-order valence-corrected chi connectivity index (χ4v) is 7.87. The van der Waals surface area contributed by atoms with Crippen molar-refractivity contribution in [3.63, 3.8) is 0 Å². The first-order valence-electron chi connectivity index (χ1n) is 17.0. The third-order valence-corrected chi connectivity index (χ3v) is 10.5. The maximum absolute atomic E-state index is 13.2. The van der Waals surface area contributed by atoms with Crippen LogP contribution in [0.3, 0.4) is 0 Å². The molecule has 0 aromatic heterocycles. The van der Waals surface area contributed by atoms with Crippen LogP contribution in [-0.4, -0.2) is 66.8 Å². The highest BCUT2D eigenvalue weighted by Crippen LogP contribution is 2.33. The van der Waals surface area contributed by atoms with Gasteiger partial charge >= 0.3 is 0 Å². The molecule has 4 rings (SSSR count). The van der Waals surface area contributed by atoms with Gasteiger partial charge in [-0.25, -0.2) is 0 Å². The Labute approximate surface area is 244 Å². The number of Topliss-reactive ketones (excluding diaryl/α,β-unsaturated/α-hetero) is 1. The van der Waals surface area contributed by atoms with Crippen molar-refractivity contribution in [2.24, 2.45) is 17.8 Å². The zero-order valence-electron chi connectivity index (χ0n) is 25.7. The van der Waals surface area contributed by atoms with Gasteiger partial charge in [0.05, 0.1) is 5.56 Å². The summed E-state index contributed by atoms with van der Waals surface area (Å²) in [5, 5.41) is 3.13. The Morgan fingerprint density at radius 2 is 1.40 bits per heavy atom. The van der Waals surface area contributed by atoms with E-state index in [1.54, 1.807) is 0 Å². The molecule has 1 heterocycles. The van der Waals surface area contributed by atoms with Crippen LogP contribution in [0.5, 0.6) is 0 Å². The Kier molecular flexibility index (Phi) is 13.0. The second-order valence-corrected chi connectivity index (χ2v) is 12.9. The summed E-state index contributed by atoms with van der Waals surface area (Å²) in [6.45, 7) is 10.8. The Morgan fingerprint density at radius 1 is 0.800 bits per heavy atom. The Bertz CT molecular complexity index is 900. The summed E-state index contributed by atoms with van der Waals surface area (Å²) >= 11 is 0. The maximum atomic E-state index is 13.2. The van der Waals surface area contributed by atoms with Gasteiger partial charge in [0, 0.05) is 56.8 Å². The molecule has 1 saturated heterocycles. The molecule has 1 amide bonds. The number of nitrogens with zero attached hydrogens (tertiary/aromatic N) is 2. The molecular weight excluding hydrogens is 494 g/mol. The molecule has 2 atom stereocenters. The molecule has 2 unspecified atom stereocenters. The van der Waals surface area contributed by atoms with Crippen LogP contribution in [0.2, 0.25) is 0 Å². The van der Waals surface area contributed by atoms with Gasteiger partial charge in [-0.15, -0.1) is 0 Å². The zero-order valence-corrected chi connectivity index (χ0v) is 25.7. The highest BCUT2D eigenvalue weighted by molar-refractivity contribution is 6.08. The summed E-state index contributed by atoms with van der Waals surface area (Å²) in [6, 6.07) is 8.16. The van der Waals surface area contributed by atoms with Crippen molar-refractivity contribution in [1.29, 1.82) is 0 Å². The number of hydrogen-bond acceptors (Lipinski definition) is 4. The number of benzene rings is 1. The van der Waals surface area contributed by atoms with Gasteiger partial charge in [-0.3, -0.25) is 19.4 Å². The van der Waals surface area contributed by atoms with Crippen molar-refractivity contribution in [3.05, 3.63) is 35.4 Å². The zero-order chi connectivity index (χ0) is 28.2. The fraction of sp³-hybridized carbons (Fsp3) is 0.771. The van der Waals surface area contributed by atoms with Crippen molar-refractivity contribution in [1.82, 2.24) is 15.1 Å². The average Bonchev–Trinajstić information content (AvgIpc) is 3.01. The Balaban J connectivity index is 1.25. The number of amides is 1. The molecule has 5 heteroatoms. The highest BCUT2D eigenvalue weighted by atomic mass is 16.2. The number of carbonyl (C=O) groups is 2. The molecular formula is C35H57N3O2. The van der Waals surface area contributed by atoms with Crippen LogP contribution in [0.25, 0.3) is 0 Å². The summed E-state index contributed by atoms with van der Waals surface area (Å²) in [7, 11) is 0. The summed E-state index contributed by atoms with van der Waals surface area (Å²) in [4.78, 5) is 31.6. The van der Waals surface area contributed by atoms with E-state index in [9.17, 15) is 9.59 Å². The lowest BCUT2D eigenvalue weighted by Crippen LogP contribution is -2.52. The lowest BCUT2D eigenvalue weighted by molar-refractivity contribution is 0.0688. The van der Waals surface area contributed by atoms with Crippen molar-refractivity contribution in [3.8, 4) is 0 Å². The molecule has 2 aliphatic carbocycles. The highest BCUT2D eigenvalue weighted by Gasteiger charge is 2.29. The van der Waals surface area contributed by atoms with Gasteiger partial charge in [-0.2, -0.15) is 0 Å². The molecule has 2 saturated carbocycles. The molecule has 40 heavy (non-hydrogen) atoms. The van der Waals surface area contributed by atoms with Crippen LogP contribution in [0.4, 0.5) is 0 Å². The molecule has 0 spiro atoms. The molecule has 1 N–H and O–H groups in total. The molecule has 5 nitrogen and oxygen atoms in total. The third-order valence-electron chi connectivity index (χ3n) is 10.5. The van der Waals surface area contributed by atoms with Gasteiger partial charge in [-0.1, -0.05) is 103 Å². The van der Waals surface area contributed by atoms with Crippen molar-refractivity contribution in [2.45, 2.75) is 116 Å². The number of rotatable bonds is 10. The minimum Gasteiger partial charge on any atom is -0.351 e. The second kappa shape index (κ2) is 16.7. The SMILES string of the molecule is CCC(CC)C1CCCCCCCC(N2CCN(CCNC(=O)c3ccccc3C(=O)C3CCCCC3)CC2)C1. The number of carbonyl (C=O) groups excluding carboxylic acids is 2. The van der Waals surface area contributed by atoms with Gasteiger partial charge in [0.2, 0.25) is 0 Å². The summed E-state index contributed by atoms with van der Waals surface area (Å²) in [5.41, 5.74) is 1.16. The molecule has 3 aliphatic rings. The molecule has 224 valence electrons. The van der Waals surface area contributed by atoms with Crippen LogP contribution in [0.1, 0.15) is 131 Å². The quantitative estimate of drug-likeness (QED) is 0.309. The standard InChI is InChI=1S/C35H57N3O2/c1-3-28(4-2)30-17-9-6-5-7-12-18-31(27-30)38-25-23-37(24-26-38)22-21-36-35(40)33-20-14-13-19-32(33)34(39)29-15-10-8-11-16-29/h13-14,19-20,28-31H,3-12,15-18,21-27H2,1-2H3,(H,36,40). The van der Waals surface area contributed by atoms with E-state index in [2.05, 4.69) is 29.0 Å². The van der Waals surface area contributed by atoms with Gasteiger partial charge in [0.15, 0.2) is 5.78 Å². The largest absolute Gasteiger partial charge is 0.351 e. The van der Waals surface area contributed by atoms with E-state index in [0.717, 1.165) is 76.3 Å². The molecule has 1 aromatic carbocycles. The first-order valence-corrected chi connectivity index (χ1v) is 17.0. The normalized spacial score (nSPS) is 24.6. The van der Waals surface area contributed by atoms with E-state index in [-0.39, 0.29) is 17.6 Å². The number of ketones is 1. The van der Waals surface area contributed by atoms with Gasteiger partial charge < -0.3 is 5.32 Å². The topological polar surface area (TPSA) is 52.6 Å². The molecule has 1 aliphatic heterocycles. The molecule has 0 radical (unpaired) electrons. The minimum absolute atomic E-state index is 0.0794. The van der Waals surface area contributed by atoms with Gasteiger partial charge in [-0.05, 0) is 43.6 Å². The van der Waals surface area contributed by atoms with Crippen molar-refractivity contribution in [2.75, 3.05) is 39.3 Å². The van der Waals surface area contributed by atoms with E-state index >= 15 is 0 Å². The predicted molar refractivity (Wildman–Crippen MR) is 166 cm³/mol. The maximum Gasteiger partial charge on any atom is 0.252 e. The van der Waals surface area contributed by atoms with Crippen LogP contribution < -0.4 is 5.32 Å². The Hall–Kier alpha value is -1.72.